The number of nitrogens with one attached hydrogen (secondary N) is 1. The van der Waals surface area contributed by atoms with Gasteiger partial charge in [-0.1, -0.05) is 12.1 Å². The van der Waals surface area contributed by atoms with E-state index < -0.39 is 5.60 Å². The summed E-state index contributed by atoms with van der Waals surface area (Å²) in [6.45, 7) is 8.29. The lowest BCUT2D eigenvalue weighted by Gasteiger charge is -2.20. The second-order valence-corrected chi connectivity index (χ2v) is 5.79. The summed E-state index contributed by atoms with van der Waals surface area (Å²) in [5.74, 6) is 0.668. The zero-order valence-electron chi connectivity index (χ0n) is 13.0. The zero-order valence-corrected chi connectivity index (χ0v) is 13.0. The van der Waals surface area contributed by atoms with E-state index in [0.717, 1.165) is 11.3 Å². The number of methoxy groups -OCH3 is 1. The average molecular weight is 279 g/mol. The maximum Gasteiger partial charge on any atom is 0.307 e. The van der Waals surface area contributed by atoms with Gasteiger partial charge < -0.3 is 14.8 Å². The van der Waals surface area contributed by atoms with Gasteiger partial charge in [-0.05, 0) is 45.4 Å². The van der Waals surface area contributed by atoms with Crippen molar-refractivity contribution in [3.05, 3.63) is 29.8 Å². The normalized spacial score (nSPS) is 12.8. The number of carbonyl (C=O) groups is 1. The highest BCUT2D eigenvalue weighted by atomic mass is 16.6. The Labute approximate surface area is 121 Å². The van der Waals surface area contributed by atoms with E-state index >= 15 is 0 Å². The van der Waals surface area contributed by atoms with Crippen molar-refractivity contribution in [2.75, 3.05) is 13.7 Å². The molecule has 4 nitrogen and oxygen atoms in total. The first-order chi connectivity index (χ1) is 9.31. The first-order valence-electron chi connectivity index (χ1n) is 6.91. The maximum absolute atomic E-state index is 11.6. The molecule has 0 heterocycles. The van der Waals surface area contributed by atoms with E-state index in [1.807, 2.05) is 45.0 Å². The monoisotopic (exact) mass is 279 g/mol. The molecule has 0 aromatic heterocycles. The van der Waals surface area contributed by atoms with Crippen LogP contribution in [0.5, 0.6) is 5.75 Å². The van der Waals surface area contributed by atoms with Gasteiger partial charge >= 0.3 is 5.97 Å². The first-order valence-corrected chi connectivity index (χ1v) is 6.91. The van der Waals surface area contributed by atoms with Crippen molar-refractivity contribution in [1.29, 1.82) is 0 Å². The van der Waals surface area contributed by atoms with Gasteiger partial charge in [0.05, 0.1) is 13.5 Å². The third-order valence-electron chi connectivity index (χ3n) is 2.82. The molecular weight excluding hydrogens is 254 g/mol. The summed E-state index contributed by atoms with van der Waals surface area (Å²) in [5, 5.41) is 3.31. The molecule has 1 N–H and O–H groups in total. The number of ether oxygens (including phenoxy) is 2. The number of esters is 1. The topological polar surface area (TPSA) is 47.6 Å². The van der Waals surface area contributed by atoms with E-state index in [2.05, 4.69) is 12.2 Å². The van der Waals surface area contributed by atoms with Gasteiger partial charge in [0.2, 0.25) is 0 Å². The number of rotatable bonds is 6. The van der Waals surface area contributed by atoms with Crippen LogP contribution in [0.3, 0.4) is 0 Å². The molecule has 1 aromatic rings. The van der Waals surface area contributed by atoms with Crippen molar-refractivity contribution in [2.45, 2.75) is 45.8 Å². The minimum Gasteiger partial charge on any atom is -0.497 e. The van der Waals surface area contributed by atoms with Crippen LogP contribution in [0.15, 0.2) is 24.3 Å². The lowest BCUT2D eigenvalue weighted by atomic mass is 10.1. The third-order valence-corrected chi connectivity index (χ3v) is 2.82. The van der Waals surface area contributed by atoms with Crippen LogP contribution in [0.2, 0.25) is 0 Å². The van der Waals surface area contributed by atoms with Crippen molar-refractivity contribution in [2.24, 2.45) is 0 Å². The Morgan fingerprint density at radius 2 is 1.85 bits per heavy atom. The van der Waals surface area contributed by atoms with E-state index in [1.165, 1.54) is 0 Å². The highest BCUT2D eigenvalue weighted by Gasteiger charge is 2.16. The second-order valence-electron chi connectivity index (χ2n) is 5.79. The Morgan fingerprint density at radius 1 is 1.25 bits per heavy atom. The fourth-order valence-electron chi connectivity index (χ4n) is 1.79. The minimum atomic E-state index is -0.418. The van der Waals surface area contributed by atoms with Gasteiger partial charge in [-0.3, -0.25) is 4.79 Å². The zero-order chi connectivity index (χ0) is 15.2. The third kappa shape index (κ3) is 6.06. The molecule has 112 valence electrons. The Morgan fingerprint density at radius 3 is 2.35 bits per heavy atom. The molecule has 20 heavy (non-hydrogen) atoms. The molecule has 0 aliphatic carbocycles. The van der Waals surface area contributed by atoms with Crippen LogP contribution in [-0.4, -0.2) is 25.2 Å². The maximum atomic E-state index is 11.6. The smallest absolute Gasteiger partial charge is 0.307 e. The van der Waals surface area contributed by atoms with E-state index in [0.29, 0.717) is 13.0 Å². The molecular formula is C16H25NO3. The summed E-state index contributed by atoms with van der Waals surface area (Å²) in [4.78, 5) is 11.6. The lowest BCUT2D eigenvalue weighted by Crippen LogP contribution is -2.27. The van der Waals surface area contributed by atoms with Crippen LogP contribution >= 0.6 is 0 Å². The summed E-state index contributed by atoms with van der Waals surface area (Å²) >= 11 is 0. The fourth-order valence-corrected chi connectivity index (χ4v) is 1.79. The Kier molecular flexibility index (Phi) is 6.02. The van der Waals surface area contributed by atoms with E-state index in [1.54, 1.807) is 7.11 Å². The van der Waals surface area contributed by atoms with Crippen LogP contribution in [0, 0.1) is 0 Å². The molecule has 0 amide bonds. The number of benzene rings is 1. The summed E-state index contributed by atoms with van der Waals surface area (Å²) in [7, 11) is 1.65. The number of hydrogen-bond donors (Lipinski definition) is 1. The molecule has 1 rings (SSSR count). The highest BCUT2D eigenvalue weighted by molar-refractivity contribution is 5.70. The number of hydrogen-bond acceptors (Lipinski definition) is 4. The van der Waals surface area contributed by atoms with Crippen LogP contribution in [-0.2, 0) is 9.53 Å². The molecule has 0 fully saturated rings. The van der Waals surface area contributed by atoms with E-state index in [4.69, 9.17) is 9.47 Å². The van der Waals surface area contributed by atoms with Gasteiger partial charge in [0.1, 0.15) is 11.4 Å². The van der Waals surface area contributed by atoms with Gasteiger partial charge in [0.25, 0.3) is 0 Å². The quantitative estimate of drug-likeness (QED) is 0.813. The van der Waals surface area contributed by atoms with Crippen molar-refractivity contribution >= 4 is 5.97 Å². The molecule has 1 aromatic carbocycles. The molecule has 0 saturated carbocycles. The Balaban J connectivity index is 2.35. The molecule has 0 saturated heterocycles. The van der Waals surface area contributed by atoms with Crippen molar-refractivity contribution in [1.82, 2.24) is 5.32 Å². The summed E-state index contributed by atoms with van der Waals surface area (Å²) in [5.41, 5.74) is 0.744. The Hall–Kier alpha value is -1.55. The van der Waals surface area contributed by atoms with Gasteiger partial charge in [-0.15, -0.1) is 0 Å². The van der Waals surface area contributed by atoms with E-state index in [9.17, 15) is 4.79 Å². The molecule has 0 radical (unpaired) electrons. The standard InChI is InChI=1S/C16H25NO3/c1-12(13-6-8-14(19-5)9-7-13)17-11-10-15(18)20-16(2,3)4/h6-9,12,17H,10-11H2,1-5H3. The predicted molar refractivity (Wildman–Crippen MR) is 79.9 cm³/mol. The molecule has 1 atom stereocenters. The van der Waals surface area contributed by atoms with Crippen LogP contribution in [0.4, 0.5) is 0 Å². The summed E-state index contributed by atoms with van der Waals surface area (Å²) in [6.07, 6.45) is 0.373. The summed E-state index contributed by atoms with van der Waals surface area (Å²) < 4.78 is 10.4. The van der Waals surface area contributed by atoms with Gasteiger partial charge in [-0.25, -0.2) is 0 Å². The SMILES string of the molecule is COc1ccc(C(C)NCCC(=O)OC(C)(C)C)cc1. The molecule has 4 heteroatoms. The molecule has 1 unspecified atom stereocenters. The number of carbonyl (C=O) groups excluding carboxylic acids is 1. The van der Waals surface area contributed by atoms with E-state index in [-0.39, 0.29) is 12.0 Å². The molecule has 0 aliphatic heterocycles. The summed E-state index contributed by atoms with van der Waals surface area (Å²) in [6, 6.07) is 8.08. The largest absolute Gasteiger partial charge is 0.497 e. The minimum absolute atomic E-state index is 0.174. The van der Waals surface area contributed by atoms with Crippen LogP contribution in [0.1, 0.15) is 45.7 Å². The molecule has 0 bridgehead atoms. The van der Waals surface area contributed by atoms with Crippen LogP contribution in [0.25, 0.3) is 0 Å². The average Bonchev–Trinajstić information content (AvgIpc) is 2.36. The van der Waals surface area contributed by atoms with Crippen molar-refractivity contribution < 1.29 is 14.3 Å². The molecule has 0 spiro atoms. The predicted octanol–water partition coefficient (Wildman–Crippen LogP) is 3.08. The Bertz CT molecular complexity index is 420. The lowest BCUT2D eigenvalue weighted by molar-refractivity contribution is -0.154. The van der Waals surface area contributed by atoms with Gasteiger partial charge in [0.15, 0.2) is 0 Å². The first kappa shape index (κ1) is 16.5. The van der Waals surface area contributed by atoms with Crippen LogP contribution < -0.4 is 10.1 Å². The fraction of sp³-hybridized carbons (Fsp3) is 0.562. The van der Waals surface area contributed by atoms with Crippen molar-refractivity contribution in [3.63, 3.8) is 0 Å². The molecule has 0 aliphatic rings. The van der Waals surface area contributed by atoms with Gasteiger partial charge in [-0.2, -0.15) is 0 Å². The van der Waals surface area contributed by atoms with Crippen molar-refractivity contribution in [3.8, 4) is 5.75 Å². The highest BCUT2D eigenvalue weighted by Crippen LogP contribution is 2.17. The second kappa shape index (κ2) is 7.29. The van der Waals surface area contributed by atoms with Gasteiger partial charge in [0, 0.05) is 12.6 Å².